The summed E-state index contributed by atoms with van der Waals surface area (Å²) in [5.74, 6) is -0.931. The Labute approximate surface area is 122 Å². The van der Waals surface area contributed by atoms with Gasteiger partial charge < -0.3 is 14.4 Å². The lowest BCUT2D eigenvalue weighted by Crippen LogP contribution is -2.27. The van der Waals surface area contributed by atoms with E-state index in [4.69, 9.17) is 4.74 Å². The first-order valence-electron chi connectivity index (χ1n) is 6.67. The molecular formula is C15H18N2O4. The minimum Gasteiger partial charge on any atom is -0.478 e. The van der Waals surface area contributed by atoms with E-state index in [1.54, 1.807) is 23.6 Å². The van der Waals surface area contributed by atoms with E-state index in [0.717, 1.165) is 0 Å². The quantitative estimate of drug-likeness (QED) is 0.874. The summed E-state index contributed by atoms with van der Waals surface area (Å²) in [5.41, 5.74) is 1.14. The van der Waals surface area contributed by atoms with Gasteiger partial charge in [0.05, 0.1) is 23.7 Å². The zero-order chi connectivity index (χ0) is 15.7. The first-order valence-corrected chi connectivity index (χ1v) is 6.67. The van der Waals surface area contributed by atoms with Crippen molar-refractivity contribution >= 4 is 23.0 Å². The van der Waals surface area contributed by atoms with E-state index >= 15 is 0 Å². The normalized spacial score (nSPS) is 12.6. The van der Waals surface area contributed by atoms with Gasteiger partial charge >= 0.3 is 11.9 Å². The van der Waals surface area contributed by atoms with E-state index in [2.05, 4.69) is 4.98 Å². The van der Waals surface area contributed by atoms with Crippen LogP contribution >= 0.6 is 0 Å². The van der Waals surface area contributed by atoms with Crippen LogP contribution in [0.2, 0.25) is 0 Å². The molecular weight excluding hydrogens is 272 g/mol. The number of para-hydroxylation sites is 1. The third kappa shape index (κ3) is 2.49. The summed E-state index contributed by atoms with van der Waals surface area (Å²) in [7, 11) is 1.32. The molecule has 1 aromatic heterocycles. The molecule has 0 radical (unpaired) electrons. The van der Waals surface area contributed by atoms with Crippen molar-refractivity contribution < 1.29 is 19.4 Å². The molecule has 1 aromatic carbocycles. The van der Waals surface area contributed by atoms with Gasteiger partial charge in [0, 0.05) is 0 Å². The highest BCUT2D eigenvalue weighted by molar-refractivity contribution is 6.01. The third-order valence-corrected chi connectivity index (χ3v) is 3.47. The number of rotatable bonds is 4. The molecule has 1 unspecified atom stereocenters. The Morgan fingerprint density at radius 2 is 2.00 bits per heavy atom. The molecule has 2 rings (SSSR count). The molecule has 0 aliphatic rings. The Bertz CT molecular complexity index is 703. The maximum absolute atomic E-state index is 12.1. The lowest BCUT2D eigenvalue weighted by molar-refractivity contribution is -0.145. The lowest BCUT2D eigenvalue weighted by atomic mass is 10.0. The predicted molar refractivity (Wildman–Crippen MR) is 77.3 cm³/mol. The Morgan fingerprint density at radius 1 is 1.33 bits per heavy atom. The van der Waals surface area contributed by atoms with Crippen molar-refractivity contribution in [2.75, 3.05) is 7.11 Å². The second kappa shape index (κ2) is 5.55. The van der Waals surface area contributed by atoms with Crippen LogP contribution in [-0.4, -0.2) is 33.7 Å². The number of carboxylic acids is 1. The van der Waals surface area contributed by atoms with Crippen molar-refractivity contribution in [1.29, 1.82) is 0 Å². The van der Waals surface area contributed by atoms with Crippen molar-refractivity contribution in [3.63, 3.8) is 0 Å². The number of aromatic nitrogens is 2. The Hall–Kier alpha value is -2.37. The van der Waals surface area contributed by atoms with Crippen molar-refractivity contribution in [3.05, 3.63) is 29.6 Å². The molecule has 1 atom stereocenters. The monoisotopic (exact) mass is 290 g/mol. The van der Waals surface area contributed by atoms with Crippen LogP contribution in [0, 0.1) is 12.8 Å². The van der Waals surface area contributed by atoms with Gasteiger partial charge in [0.25, 0.3) is 0 Å². The summed E-state index contributed by atoms with van der Waals surface area (Å²) < 4.78 is 6.53. The number of carboxylic acid groups (broad SMARTS) is 1. The number of carbonyl (C=O) groups excluding carboxylic acids is 1. The highest BCUT2D eigenvalue weighted by Crippen LogP contribution is 2.29. The molecule has 0 fully saturated rings. The van der Waals surface area contributed by atoms with E-state index in [0.29, 0.717) is 16.9 Å². The van der Waals surface area contributed by atoms with E-state index < -0.39 is 18.0 Å². The summed E-state index contributed by atoms with van der Waals surface area (Å²) in [5, 5.41) is 9.38. The van der Waals surface area contributed by atoms with Crippen LogP contribution in [0.1, 0.15) is 36.1 Å². The van der Waals surface area contributed by atoms with Crippen LogP contribution in [0.15, 0.2) is 18.2 Å². The highest BCUT2D eigenvalue weighted by atomic mass is 16.5. The van der Waals surface area contributed by atoms with Crippen LogP contribution in [-0.2, 0) is 9.53 Å². The minimum atomic E-state index is -1.05. The Morgan fingerprint density at radius 3 is 2.52 bits per heavy atom. The number of imidazole rings is 1. The predicted octanol–water partition coefficient (Wildman–Crippen LogP) is 2.41. The summed E-state index contributed by atoms with van der Waals surface area (Å²) in [6, 6.07) is 4.28. The molecule has 112 valence electrons. The highest BCUT2D eigenvalue weighted by Gasteiger charge is 2.29. The van der Waals surface area contributed by atoms with Gasteiger partial charge in [-0.05, 0) is 25.0 Å². The molecule has 0 spiro atoms. The van der Waals surface area contributed by atoms with Crippen LogP contribution in [0.25, 0.3) is 11.0 Å². The third-order valence-electron chi connectivity index (χ3n) is 3.47. The topological polar surface area (TPSA) is 81.4 Å². The number of hydrogen-bond acceptors (Lipinski definition) is 4. The van der Waals surface area contributed by atoms with Crippen LogP contribution < -0.4 is 0 Å². The van der Waals surface area contributed by atoms with Crippen LogP contribution in [0.3, 0.4) is 0 Å². The van der Waals surface area contributed by atoms with Gasteiger partial charge in [-0.3, -0.25) is 0 Å². The average Bonchev–Trinajstić information content (AvgIpc) is 2.74. The van der Waals surface area contributed by atoms with Gasteiger partial charge in [-0.15, -0.1) is 0 Å². The first kappa shape index (κ1) is 15.0. The molecule has 6 heteroatoms. The van der Waals surface area contributed by atoms with Crippen molar-refractivity contribution in [3.8, 4) is 0 Å². The fourth-order valence-electron chi connectivity index (χ4n) is 2.57. The smallest absolute Gasteiger partial charge is 0.337 e. The van der Waals surface area contributed by atoms with Crippen LogP contribution in [0.5, 0.6) is 0 Å². The maximum atomic E-state index is 12.1. The van der Waals surface area contributed by atoms with Crippen molar-refractivity contribution in [1.82, 2.24) is 9.55 Å². The number of benzene rings is 1. The van der Waals surface area contributed by atoms with Gasteiger partial charge in [-0.1, -0.05) is 19.9 Å². The molecule has 2 aromatic rings. The number of methoxy groups -OCH3 is 1. The number of aryl methyl sites for hydroxylation is 1. The second-order valence-electron chi connectivity index (χ2n) is 5.22. The zero-order valence-electron chi connectivity index (χ0n) is 12.5. The number of hydrogen-bond donors (Lipinski definition) is 1. The fourth-order valence-corrected chi connectivity index (χ4v) is 2.57. The van der Waals surface area contributed by atoms with Gasteiger partial charge in [-0.25, -0.2) is 14.6 Å². The van der Waals surface area contributed by atoms with E-state index in [1.165, 1.54) is 13.2 Å². The summed E-state index contributed by atoms with van der Waals surface area (Å²) in [6.07, 6.45) is 0. The summed E-state index contributed by atoms with van der Waals surface area (Å²) in [4.78, 5) is 27.9. The van der Waals surface area contributed by atoms with Gasteiger partial charge in [0.1, 0.15) is 11.9 Å². The number of esters is 1. The zero-order valence-corrected chi connectivity index (χ0v) is 12.5. The van der Waals surface area contributed by atoms with Crippen molar-refractivity contribution in [2.24, 2.45) is 5.92 Å². The molecule has 0 bridgehead atoms. The fraction of sp³-hybridized carbons (Fsp3) is 0.400. The van der Waals surface area contributed by atoms with Crippen molar-refractivity contribution in [2.45, 2.75) is 26.8 Å². The van der Waals surface area contributed by atoms with E-state index in [9.17, 15) is 14.7 Å². The largest absolute Gasteiger partial charge is 0.478 e. The van der Waals surface area contributed by atoms with Gasteiger partial charge in [0.15, 0.2) is 0 Å². The second-order valence-corrected chi connectivity index (χ2v) is 5.22. The Balaban J connectivity index is 2.81. The molecule has 1 heterocycles. The summed E-state index contributed by atoms with van der Waals surface area (Å²) >= 11 is 0. The van der Waals surface area contributed by atoms with Crippen LogP contribution in [0.4, 0.5) is 0 Å². The lowest BCUT2D eigenvalue weighted by Gasteiger charge is -2.22. The number of nitrogens with zero attached hydrogens (tertiary/aromatic N) is 2. The number of carbonyl (C=O) groups is 2. The van der Waals surface area contributed by atoms with Gasteiger partial charge in [0.2, 0.25) is 0 Å². The standard InChI is InChI=1S/C15H18N2O4/c1-8(2)12(15(20)21-4)17-9(3)16-11-7-5-6-10(13(11)17)14(18)19/h5-8,12H,1-4H3,(H,18,19). The van der Waals surface area contributed by atoms with Gasteiger partial charge in [-0.2, -0.15) is 0 Å². The molecule has 1 N–H and O–H groups in total. The maximum Gasteiger partial charge on any atom is 0.337 e. The first-order chi connectivity index (χ1) is 9.88. The summed E-state index contributed by atoms with van der Waals surface area (Å²) in [6.45, 7) is 5.52. The molecule has 0 aliphatic carbocycles. The van der Waals surface area contributed by atoms with E-state index in [1.807, 2.05) is 13.8 Å². The number of fused-ring (bicyclic) bond motifs is 1. The number of ether oxygens (including phenoxy) is 1. The minimum absolute atomic E-state index is 0.0598. The Kier molecular flexibility index (Phi) is 3.97. The average molecular weight is 290 g/mol. The molecule has 21 heavy (non-hydrogen) atoms. The SMILES string of the molecule is COC(=O)C(C(C)C)n1c(C)nc2cccc(C(=O)O)c21. The molecule has 6 nitrogen and oxygen atoms in total. The number of aromatic carboxylic acids is 1. The molecule has 0 saturated carbocycles. The molecule has 0 saturated heterocycles. The molecule has 0 amide bonds. The van der Waals surface area contributed by atoms with E-state index in [-0.39, 0.29) is 11.5 Å². The molecule has 0 aliphatic heterocycles.